The molecule has 1 saturated heterocycles. The molecule has 1 aromatic carbocycles. The first-order chi connectivity index (χ1) is 11.6. The Labute approximate surface area is 142 Å². The highest BCUT2D eigenvalue weighted by molar-refractivity contribution is 5.87. The Balaban J connectivity index is 1.54. The summed E-state index contributed by atoms with van der Waals surface area (Å²) in [4.78, 5) is 25.3. The van der Waals surface area contributed by atoms with Crippen LogP contribution in [0.1, 0.15) is 48.0 Å². The number of allylic oxidation sites excluding steroid dienone is 2. The minimum Gasteiger partial charge on any atom is -0.478 e. The summed E-state index contributed by atoms with van der Waals surface area (Å²) in [5.74, 6) is -0.939. The Bertz CT molecular complexity index is 639. The van der Waals surface area contributed by atoms with Crippen LogP contribution in [-0.4, -0.2) is 35.1 Å². The highest BCUT2D eigenvalue weighted by atomic mass is 16.4. The Morgan fingerprint density at radius 1 is 1.17 bits per heavy atom. The highest BCUT2D eigenvalue weighted by Gasteiger charge is 2.36. The van der Waals surface area contributed by atoms with Crippen molar-refractivity contribution in [2.45, 2.75) is 38.6 Å². The van der Waals surface area contributed by atoms with Gasteiger partial charge in [0.2, 0.25) is 0 Å². The van der Waals surface area contributed by atoms with Gasteiger partial charge in [0.1, 0.15) is 0 Å². The van der Waals surface area contributed by atoms with E-state index < -0.39 is 5.97 Å². The Kier molecular flexibility index (Phi) is 4.88. The van der Waals surface area contributed by atoms with Gasteiger partial charge in [0.25, 0.3) is 0 Å². The molecule has 0 bridgehead atoms. The van der Waals surface area contributed by atoms with E-state index in [0.717, 1.165) is 37.9 Å². The molecule has 1 aliphatic carbocycles. The summed E-state index contributed by atoms with van der Waals surface area (Å²) < 4.78 is 0. The number of benzene rings is 1. The zero-order valence-corrected chi connectivity index (χ0v) is 13.8. The van der Waals surface area contributed by atoms with Crippen LogP contribution in [0.3, 0.4) is 0 Å². The van der Waals surface area contributed by atoms with Gasteiger partial charge in [0, 0.05) is 19.6 Å². The van der Waals surface area contributed by atoms with Crippen LogP contribution in [0.15, 0.2) is 36.4 Å². The summed E-state index contributed by atoms with van der Waals surface area (Å²) in [5.41, 5.74) is 1.43. The minimum atomic E-state index is -0.939. The molecule has 1 aliphatic heterocycles. The number of urea groups is 1. The molecule has 5 heteroatoms. The van der Waals surface area contributed by atoms with Crippen LogP contribution < -0.4 is 5.32 Å². The largest absolute Gasteiger partial charge is 0.478 e. The molecule has 1 atom stereocenters. The standard InChI is InChI=1S/C19H24N2O3/c22-17(23)16-7-5-15(6-8-16)13-20-18(24)21-12-4-11-19(14-21)9-2-1-3-10-19/h1-2,5-8H,3-4,9-14H2,(H,20,24)(H,22,23). The molecule has 128 valence electrons. The van der Waals surface area contributed by atoms with Crippen molar-refractivity contribution in [3.8, 4) is 0 Å². The number of amides is 2. The lowest BCUT2D eigenvalue weighted by Gasteiger charge is -2.43. The number of carbonyl (C=O) groups excluding carboxylic acids is 1. The van der Waals surface area contributed by atoms with Crippen molar-refractivity contribution in [3.05, 3.63) is 47.5 Å². The van der Waals surface area contributed by atoms with Crippen LogP contribution in [-0.2, 0) is 6.54 Å². The molecule has 1 aromatic rings. The molecule has 2 amide bonds. The zero-order chi connectivity index (χ0) is 17.0. The number of likely N-dealkylation sites (tertiary alicyclic amines) is 1. The topological polar surface area (TPSA) is 69.6 Å². The monoisotopic (exact) mass is 328 g/mol. The molecule has 1 unspecified atom stereocenters. The van der Waals surface area contributed by atoms with E-state index in [1.807, 2.05) is 4.90 Å². The first kappa shape index (κ1) is 16.6. The number of nitrogens with one attached hydrogen (secondary N) is 1. The Morgan fingerprint density at radius 2 is 1.96 bits per heavy atom. The maximum Gasteiger partial charge on any atom is 0.335 e. The van der Waals surface area contributed by atoms with E-state index in [4.69, 9.17) is 5.11 Å². The number of carboxylic acid groups (broad SMARTS) is 1. The number of carboxylic acids is 1. The maximum atomic E-state index is 12.5. The molecule has 3 rings (SSSR count). The van der Waals surface area contributed by atoms with Gasteiger partial charge in [-0.25, -0.2) is 9.59 Å². The summed E-state index contributed by atoms with van der Waals surface area (Å²) in [6.07, 6.45) is 10.1. The number of carbonyl (C=O) groups is 2. The van der Waals surface area contributed by atoms with E-state index in [9.17, 15) is 9.59 Å². The van der Waals surface area contributed by atoms with Crippen molar-refractivity contribution < 1.29 is 14.7 Å². The van der Waals surface area contributed by atoms with Gasteiger partial charge in [-0.15, -0.1) is 0 Å². The zero-order valence-electron chi connectivity index (χ0n) is 13.8. The molecular formula is C19H24N2O3. The van der Waals surface area contributed by atoms with Crippen molar-refractivity contribution in [2.75, 3.05) is 13.1 Å². The van der Waals surface area contributed by atoms with Gasteiger partial charge in [-0.3, -0.25) is 0 Å². The molecule has 1 spiro atoms. The number of hydrogen-bond acceptors (Lipinski definition) is 2. The van der Waals surface area contributed by atoms with Gasteiger partial charge >= 0.3 is 12.0 Å². The van der Waals surface area contributed by atoms with Crippen LogP contribution in [0.25, 0.3) is 0 Å². The first-order valence-electron chi connectivity index (χ1n) is 8.58. The predicted octanol–water partition coefficient (Wildman–Crippen LogP) is 3.42. The second kappa shape index (κ2) is 7.07. The van der Waals surface area contributed by atoms with Crippen molar-refractivity contribution in [3.63, 3.8) is 0 Å². The van der Waals surface area contributed by atoms with E-state index in [-0.39, 0.29) is 17.0 Å². The fraction of sp³-hybridized carbons (Fsp3) is 0.474. The maximum absolute atomic E-state index is 12.5. The molecule has 0 aromatic heterocycles. The van der Waals surface area contributed by atoms with Crippen molar-refractivity contribution in [1.82, 2.24) is 10.2 Å². The lowest BCUT2D eigenvalue weighted by atomic mass is 9.71. The lowest BCUT2D eigenvalue weighted by Crippen LogP contribution is -2.49. The van der Waals surface area contributed by atoms with Gasteiger partial charge in [-0.1, -0.05) is 24.3 Å². The van der Waals surface area contributed by atoms with Crippen molar-refractivity contribution >= 4 is 12.0 Å². The van der Waals surface area contributed by atoms with E-state index >= 15 is 0 Å². The number of nitrogens with zero attached hydrogens (tertiary/aromatic N) is 1. The average Bonchev–Trinajstić information content (AvgIpc) is 2.60. The van der Waals surface area contributed by atoms with Crippen molar-refractivity contribution in [2.24, 2.45) is 5.41 Å². The molecule has 2 aliphatic rings. The number of hydrogen-bond donors (Lipinski definition) is 2. The predicted molar refractivity (Wildman–Crippen MR) is 91.9 cm³/mol. The van der Waals surface area contributed by atoms with E-state index in [1.54, 1.807) is 24.3 Å². The first-order valence-corrected chi connectivity index (χ1v) is 8.58. The summed E-state index contributed by atoms with van der Waals surface area (Å²) in [6, 6.07) is 6.59. The Morgan fingerprint density at radius 3 is 2.62 bits per heavy atom. The highest BCUT2D eigenvalue weighted by Crippen LogP contribution is 2.40. The van der Waals surface area contributed by atoms with Gasteiger partial charge < -0.3 is 15.3 Å². The number of rotatable bonds is 3. The van der Waals surface area contributed by atoms with Gasteiger partial charge in [-0.05, 0) is 55.2 Å². The lowest BCUT2D eigenvalue weighted by molar-refractivity contribution is 0.0697. The van der Waals surface area contributed by atoms with E-state index in [0.29, 0.717) is 6.54 Å². The molecule has 1 fully saturated rings. The van der Waals surface area contributed by atoms with Crippen LogP contribution in [0.5, 0.6) is 0 Å². The fourth-order valence-electron chi connectivity index (χ4n) is 3.75. The average molecular weight is 328 g/mol. The third-order valence-corrected chi connectivity index (χ3v) is 5.15. The third-order valence-electron chi connectivity index (χ3n) is 5.15. The number of piperidine rings is 1. The molecule has 1 heterocycles. The quantitative estimate of drug-likeness (QED) is 0.835. The van der Waals surface area contributed by atoms with Gasteiger partial charge in [-0.2, -0.15) is 0 Å². The molecule has 5 nitrogen and oxygen atoms in total. The van der Waals surface area contributed by atoms with Crippen LogP contribution in [0.2, 0.25) is 0 Å². The van der Waals surface area contributed by atoms with E-state index in [2.05, 4.69) is 17.5 Å². The van der Waals surface area contributed by atoms with E-state index in [1.165, 1.54) is 12.8 Å². The number of aromatic carboxylic acids is 1. The second-order valence-corrected chi connectivity index (χ2v) is 6.90. The smallest absolute Gasteiger partial charge is 0.335 e. The van der Waals surface area contributed by atoms with Gasteiger partial charge in [0.05, 0.1) is 5.56 Å². The normalized spacial score (nSPS) is 23.2. The second-order valence-electron chi connectivity index (χ2n) is 6.90. The molecule has 0 radical (unpaired) electrons. The van der Waals surface area contributed by atoms with Crippen LogP contribution >= 0.6 is 0 Å². The van der Waals surface area contributed by atoms with Crippen LogP contribution in [0.4, 0.5) is 4.79 Å². The van der Waals surface area contributed by atoms with Gasteiger partial charge in [0.15, 0.2) is 0 Å². The molecule has 2 N–H and O–H groups in total. The van der Waals surface area contributed by atoms with Crippen LogP contribution in [0, 0.1) is 5.41 Å². The minimum absolute atomic E-state index is 0.0223. The fourth-order valence-corrected chi connectivity index (χ4v) is 3.75. The Hall–Kier alpha value is -2.30. The summed E-state index contributed by atoms with van der Waals surface area (Å²) in [7, 11) is 0. The summed E-state index contributed by atoms with van der Waals surface area (Å²) in [6.45, 7) is 2.07. The third kappa shape index (κ3) is 3.78. The van der Waals surface area contributed by atoms with Crippen molar-refractivity contribution in [1.29, 1.82) is 0 Å². The summed E-state index contributed by atoms with van der Waals surface area (Å²) in [5, 5.41) is 11.9. The molecular weight excluding hydrogens is 304 g/mol. The SMILES string of the molecule is O=C(O)c1ccc(CNC(=O)N2CCCC3(CC=CCC3)C2)cc1. The molecule has 24 heavy (non-hydrogen) atoms. The molecule has 0 saturated carbocycles. The summed E-state index contributed by atoms with van der Waals surface area (Å²) >= 11 is 0.